The number of carbonyl (C=O) groups is 2. The molecule has 0 aromatic carbocycles. The molecule has 4 N–H and O–H groups in total. The lowest BCUT2D eigenvalue weighted by molar-refractivity contribution is 0.0685. The van der Waals surface area contributed by atoms with Crippen LogP contribution in [0.15, 0.2) is 12.7 Å². The number of H-pyrrole nitrogens is 2. The Morgan fingerprint density at radius 1 is 1.39 bits per heavy atom. The molecular weight excluding hydrogens is 240 g/mol. The number of amides is 1. The lowest BCUT2D eigenvalue weighted by Crippen LogP contribution is -2.27. The van der Waals surface area contributed by atoms with Gasteiger partial charge in [-0.3, -0.25) is 9.89 Å². The molecule has 0 saturated heterocycles. The zero-order valence-corrected chi connectivity index (χ0v) is 9.17. The van der Waals surface area contributed by atoms with Crippen LogP contribution >= 0.6 is 0 Å². The highest BCUT2D eigenvalue weighted by Gasteiger charge is 2.19. The first-order valence-corrected chi connectivity index (χ1v) is 5.07. The molecule has 94 valence electrons. The molecule has 0 atom stereocenters. The summed E-state index contributed by atoms with van der Waals surface area (Å²) >= 11 is 0. The third-order valence-electron chi connectivity index (χ3n) is 2.18. The zero-order valence-electron chi connectivity index (χ0n) is 9.17. The van der Waals surface area contributed by atoms with Crippen molar-refractivity contribution >= 4 is 11.9 Å². The third-order valence-corrected chi connectivity index (χ3v) is 2.18. The van der Waals surface area contributed by atoms with Gasteiger partial charge in [-0.2, -0.15) is 5.10 Å². The molecule has 2 aromatic rings. The average Bonchev–Trinajstić information content (AvgIpc) is 2.99. The van der Waals surface area contributed by atoms with E-state index in [-0.39, 0.29) is 11.4 Å². The molecule has 2 heterocycles. The number of hydrogen-bond acceptors (Lipinski definition) is 5. The number of aromatic carboxylic acids is 1. The molecule has 0 radical (unpaired) electrons. The van der Waals surface area contributed by atoms with Gasteiger partial charge in [-0.25, -0.2) is 14.8 Å². The molecule has 0 fully saturated rings. The highest BCUT2D eigenvalue weighted by atomic mass is 16.4. The quantitative estimate of drug-likeness (QED) is 0.548. The van der Waals surface area contributed by atoms with E-state index in [2.05, 4.69) is 30.5 Å². The molecule has 1 amide bonds. The molecule has 0 bridgehead atoms. The summed E-state index contributed by atoms with van der Waals surface area (Å²) in [6.07, 6.45) is 3.00. The van der Waals surface area contributed by atoms with E-state index in [9.17, 15) is 9.59 Å². The van der Waals surface area contributed by atoms with E-state index in [1.165, 1.54) is 6.33 Å². The predicted molar refractivity (Wildman–Crippen MR) is 58.0 cm³/mol. The summed E-state index contributed by atoms with van der Waals surface area (Å²) < 4.78 is 0. The van der Waals surface area contributed by atoms with Crippen LogP contribution in [0, 0.1) is 0 Å². The summed E-state index contributed by atoms with van der Waals surface area (Å²) in [7, 11) is 0. The summed E-state index contributed by atoms with van der Waals surface area (Å²) in [5.74, 6) is -1.14. The van der Waals surface area contributed by atoms with Crippen molar-refractivity contribution in [1.82, 2.24) is 30.5 Å². The van der Waals surface area contributed by atoms with Crippen molar-refractivity contribution in [2.45, 2.75) is 6.42 Å². The maximum Gasteiger partial charge on any atom is 0.354 e. The van der Waals surface area contributed by atoms with Crippen molar-refractivity contribution < 1.29 is 14.7 Å². The van der Waals surface area contributed by atoms with Crippen LogP contribution in [0.5, 0.6) is 0 Å². The molecule has 18 heavy (non-hydrogen) atoms. The van der Waals surface area contributed by atoms with Gasteiger partial charge in [0, 0.05) is 13.0 Å². The maximum absolute atomic E-state index is 11.7. The number of nitrogens with one attached hydrogen (secondary N) is 3. The number of carboxylic acids is 1. The molecule has 0 aliphatic carbocycles. The fourth-order valence-electron chi connectivity index (χ4n) is 1.36. The molecule has 0 spiro atoms. The minimum absolute atomic E-state index is 0.139. The van der Waals surface area contributed by atoms with Crippen LogP contribution in [0.4, 0.5) is 0 Å². The first kappa shape index (κ1) is 11.8. The highest BCUT2D eigenvalue weighted by molar-refractivity contribution is 6.02. The summed E-state index contributed by atoms with van der Waals surface area (Å²) in [6, 6.07) is 0. The number of carbonyl (C=O) groups excluding carboxylic acids is 1. The zero-order chi connectivity index (χ0) is 13.0. The first-order chi connectivity index (χ1) is 8.68. The van der Waals surface area contributed by atoms with E-state index in [4.69, 9.17) is 5.11 Å². The Morgan fingerprint density at radius 2 is 2.22 bits per heavy atom. The first-order valence-electron chi connectivity index (χ1n) is 5.07. The van der Waals surface area contributed by atoms with Crippen molar-refractivity contribution in [2.75, 3.05) is 6.54 Å². The molecule has 0 saturated carbocycles. The number of hydrogen-bond donors (Lipinski definition) is 4. The van der Waals surface area contributed by atoms with Crippen molar-refractivity contribution in [3.05, 3.63) is 29.9 Å². The van der Waals surface area contributed by atoms with Gasteiger partial charge in [0.1, 0.15) is 12.2 Å². The molecule has 2 aromatic heterocycles. The Balaban J connectivity index is 1.91. The standard InChI is InChI=1S/C9H10N6O3/c16-8(6-7(9(17)18)13-3-12-6)10-2-1-5-11-4-14-15-5/h3-4H,1-2H2,(H,10,16)(H,12,13)(H,17,18)(H,11,14,15). The second-order valence-electron chi connectivity index (χ2n) is 3.37. The van der Waals surface area contributed by atoms with Crippen LogP contribution in [0.25, 0.3) is 0 Å². The molecule has 0 aliphatic rings. The van der Waals surface area contributed by atoms with Gasteiger partial charge in [0.2, 0.25) is 0 Å². The van der Waals surface area contributed by atoms with Crippen LogP contribution in [0.1, 0.15) is 26.8 Å². The van der Waals surface area contributed by atoms with Gasteiger partial charge in [0.25, 0.3) is 5.91 Å². The van der Waals surface area contributed by atoms with Crippen LogP contribution in [-0.2, 0) is 6.42 Å². The van der Waals surface area contributed by atoms with Gasteiger partial charge in [0.15, 0.2) is 11.4 Å². The summed E-state index contributed by atoms with van der Waals surface area (Å²) in [4.78, 5) is 32.4. The van der Waals surface area contributed by atoms with Crippen molar-refractivity contribution in [3.8, 4) is 0 Å². The molecule has 9 nitrogen and oxygen atoms in total. The Bertz CT molecular complexity index is 546. The largest absolute Gasteiger partial charge is 0.477 e. The van der Waals surface area contributed by atoms with Crippen LogP contribution < -0.4 is 5.32 Å². The van der Waals surface area contributed by atoms with Gasteiger partial charge in [0.05, 0.1) is 6.33 Å². The van der Waals surface area contributed by atoms with Crippen molar-refractivity contribution in [2.24, 2.45) is 0 Å². The number of carboxylic acid groups (broad SMARTS) is 1. The minimum atomic E-state index is -1.23. The lowest BCUT2D eigenvalue weighted by Gasteiger charge is -2.02. The van der Waals surface area contributed by atoms with Gasteiger partial charge >= 0.3 is 5.97 Å². The van der Waals surface area contributed by atoms with Gasteiger partial charge in [-0.1, -0.05) is 0 Å². The van der Waals surface area contributed by atoms with Gasteiger partial charge < -0.3 is 15.4 Å². The third kappa shape index (κ3) is 2.51. The summed E-state index contributed by atoms with van der Waals surface area (Å²) in [5.41, 5.74) is -0.368. The smallest absolute Gasteiger partial charge is 0.354 e. The molecule has 2 rings (SSSR count). The second-order valence-corrected chi connectivity index (χ2v) is 3.37. The summed E-state index contributed by atoms with van der Waals surface area (Å²) in [6.45, 7) is 0.306. The number of imidazole rings is 1. The van der Waals surface area contributed by atoms with E-state index in [0.717, 1.165) is 6.33 Å². The number of rotatable bonds is 5. The fourth-order valence-corrected chi connectivity index (χ4v) is 1.36. The topological polar surface area (TPSA) is 137 Å². The van der Waals surface area contributed by atoms with Crippen molar-refractivity contribution in [1.29, 1.82) is 0 Å². The van der Waals surface area contributed by atoms with Crippen molar-refractivity contribution in [3.63, 3.8) is 0 Å². The summed E-state index contributed by atoms with van der Waals surface area (Å²) in [5, 5.41) is 17.7. The maximum atomic E-state index is 11.7. The monoisotopic (exact) mass is 250 g/mol. The Morgan fingerprint density at radius 3 is 2.89 bits per heavy atom. The molecule has 0 unspecified atom stereocenters. The lowest BCUT2D eigenvalue weighted by atomic mass is 10.3. The average molecular weight is 250 g/mol. The van der Waals surface area contributed by atoms with Crippen LogP contribution in [-0.4, -0.2) is 48.7 Å². The van der Waals surface area contributed by atoms with Gasteiger partial charge in [-0.15, -0.1) is 0 Å². The van der Waals surface area contributed by atoms with E-state index in [1.807, 2.05) is 0 Å². The Labute approximate surface area is 101 Å². The van der Waals surface area contributed by atoms with Crippen LogP contribution in [0.2, 0.25) is 0 Å². The minimum Gasteiger partial charge on any atom is -0.477 e. The van der Waals surface area contributed by atoms with Gasteiger partial charge in [-0.05, 0) is 0 Å². The SMILES string of the molecule is O=C(NCCc1ncn[nH]1)c1nc[nH]c1C(=O)O. The normalized spacial score (nSPS) is 10.2. The Hall–Kier alpha value is -2.71. The molecule has 9 heteroatoms. The second kappa shape index (κ2) is 5.08. The number of nitrogens with zero attached hydrogens (tertiary/aromatic N) is 3. The van der Waals surface area contributed by atoms with E-state index >= 15 is 0 Å². The Kier molecular flexibility index (Phi) is 3.32. The highest BCUT2D eigenvalue weighted by Crippen LogP contribution is 2.02. The fraction of sp³-hybridized carbons (Fsp3) is 0.222. The van der Waals surface area contributed by atoms with E-state index in [0.29, 0.717) is 18.8 Å². The van der Waals surface area contributed by atoms with Crippen LogP contribution in [0.3, 0.4) is 0 Å². The van der Waals surface area contributed by atoms with E-state index in [1.54, 1.807) is 0 Å². The molecule has 0 aliphatic heterocycles. The predicted octanol–water partition coefficient (Wildman–Crippen LogP) is -0.801. The molecular formula is C9H10N6O3. The number of aromatic amines is 2. The van der Waals surface area contributed by atoms with E-state index < -0.39 is 11.9 Å². The number of aromatic nitrogens is 5.